The molecule has 1 atom stereocenters. The van der Waals surface area contributed by atoms with Gasteiger partial charge in [-0.25, -0.2) is 0 Å². The summed E-state index contributed by atoms with van der Waals surface area (Å²) in [4.78, 5) is 10.1. The molecular weight excluding hydrogens is 238 g/mol. The van der Waals surface area contributed by atoms with Gasteiger partial charge in [-0.05, 0) is 25.2 Å². The van der Waals surface area contributed by atoms with Crippen LogP contribution in [0, 0.1) is 22.0 Å². The van der Waals surface area contributed by atoms with Crippen LogP contribution < -0.4 is 0 Å². The number of aromatic amines is 1. The minimum absolute atomic E-state index is 0.128. The van der Waals surface area contributed by atoms with E-state index in [0.29, 0.717) is 6.61 Å². The van der Waals surface area contributed by atoms with Crippen LogP contribution in [0.15, 0.2) is 6.20 Å². The number of hydrogen-bond acceptors (Lipinski definition) is 5. The normalized spacial score (nSPS) is 19.0. The number of nitrogens with one attached hydrogen (secondary N) is 1. The largest absolute Gasteiger partial charge is 0.353 e. The fourth-order valence-electron chi connectivity index (χ4n) is 1.61. The molecule has 0 radical (unpaired) electrons. The van der Waals surface area contributed by atoms with Gasteiger partial charge >= 0.3 is 5.69 Å². The number of nitro groups is 1. The van der Waals surface area contributed by atoms with E-state index in [1.54, 1.807) is 0 Å². The SMILES string of the molecule is O=[N+]([O-])c1cn[nH]c1C#CCOC1CCCCO1. The highest BCUT2D eigenvalue weighted by molar-refractivity contribution is 5.44. The van der Waals surface area contributed by atoms with Crippen molar-refractivity contribution in [2.75, 3.05) is 13.2 Å². The first-order valence-corrected chi connectivity index (χ1v) is 5.67. The van der Waals surface area contributed by atoms with Crippen molar-refractivity contribution in [1.29, 1.82) is 0 Å². The van der Waals surface area contributed by atoms with E-state index >= 15 is 0 Å². The third-order valence-electron chi connectivity index (χ3n) is 2.51. The van der Waals surface area contributed by atoms with Crippen molar-refractivity contribution < 1.29 is 14.4 Å². The number of ether oxygens (including phenoxy) is 2. The second kappa shape index (κ2) is 6.14. The summed E-state index contributed by atoms with van der Waals surface area (Å²) >= 11 is 0. The number of hydrogen-bond donors (Lipinski definition) is 1. The number of nitrogens with zero attached hydrogens (tertiary/aromatic N) is 2. The van der Waals surface area contributed by atoms with Crippen LogP contribution in [0.25, 0.3) is 0 Å². The predicted octanol–water partition coefficient (Wildman–Crippen LogP) is 1.21. The third-order valence-corrected chi connectivity index (χ3v) is 2.51. The molecule has 1 aromatic heterocycles. The molecule has 1 aliphatic rings. The first-order chi connectivity index (χ1) is 8.77. The fourth-order valence-corrected chi connectivity index (χ4v) is 1.61. The Bertz CT molecular complexity index is 468. The molecule has 7 nitrogen and oxygen atoms in total. The maximum atomic E-state index is 10.6. The second-order valence-corrected chi connectivity index (χ2v) is 3.80. The molecule has 18 heavy (non-hydrogen) atoms. The van der Waals surface area contributed by atoms with E-state index in [0.717, 1.165) is 25.5 Å². The van der Waals surface area contributed by atoms with Crippen molar-refractivity contribution in [3.05, 3.63) is 22.0 Å². The monoisotopic (exact) mass is 251 g/mol. The average molecular weight is 251 g/mol. The third kappa shape index (κ3) is 3.29. The van der Waals surface area contributed by atoms with E-state index in [1.165, 1.54) is 0 Å². The molecule has 1 fully saturated rings. The molecule has 1 aliphatic heterocycles. The maximum Gasteiger partial charge on any atom is 0.322 e. The molecule has 1 aromatic rings. The zero-order valence-electron chi connectivity index (χ0n) is 9.72. The van der Waals surface area contributed by atoms with Gasteiger partial charge in [0.1, 0.15) is 12.8 Å². The van der Waals surface area contributed by atoms with Crippen LogP contribution in [0.1, 0.15) is 25.0 Å². The van der Waals surface area contributed by atoms with Gasteiger partial charge in [-0.15, -0.1) is 0 Å². The van der Waals surface area contributed by atoms with E-state index in [2.05, 4.69) is 22.0 Å². The van der Waals surface area contributed by atoms with Gasteiger partial charge in [-0.2, -0.15) is 5.10 Å². The fraction of sp³-hybridized carbons (Fsp3) is 0.545. The van der Waals surface area contributed by atoms with Gasteiger partial charge in [0.2, 0.25) is 0 Å². The molecular formula is C11H13N3O4. The molecule has 7 heteroatoms. The van der Waals surface area contributed by atoms with Crippen LogP contribution in [0.3, 0.4) is 0 Å². The quantitative estimate of drug-likeness (QED) is 0.495. The number of aromatic nitrogens is 2. The average Bonchev–Trinajstić information content (AvgIpc) is 2.84. The van der Waals surface area contributed by atoms with E-state index in [-0.39, 0.29) is 24.3 Å². The molecule has 2 rings (SSSR count). The molecule has 0 saturated carbocycles. The molecule has 1 N–H and O–H groups in total. The van der Waals surface area contributed by atoms with E-state index in [4.69, 9.17) is 9.47 Å². The van der Waals surface area contributed by atoms with Crippen LogP contribution in [0.4, 0.5) is 5.69 Å². The Morgan fingerprint density at radius 2 is 2.56 bits per heavy atom. The Hall–Kier alpha value is -1.91. The topological polar surface area (TPSA) is 90.3 Å². The van der Waals surface area contributed by atoms with E-state index in [9.17, 15) is 10.1 Å². The van der Waals surface area contributed by atoms with Crippen molar-refractivity contribution >= 4 is 5.69 Å². The van der Waals surface area contributed by atoms with Crippen LogP contribution in [0.5, 0.6) is 0 Å². The molecule has 0 amide bonds. The second-order valence-electron chi connectivity index (χ2n) is 3.80. The van der Waals surface area contributed by atoms with Gasteiger partial charge in [0, 0.05) is 6.61 Å². The Labute approximate surface area is 104 Å². The molecule has 0 aromatic carbocycles. The number of rotatable bonds is 3. The summed E-state index contributed by atoms with van der Waals surface area (Å²) in [5.74, 6) is 5.33. The smallest absolute Gasteiger partial charge is 0.322 e. The molecule has 96 valence electrons. The van der Waals surface area contributed by atoms with Crippen molar-refractivity contribution in [3.8, 4) is 11.8 Å². The summed E-state index contributed by atoms with van der Waals surface area (Å²) < 4.78 is 10.7. The van der Waals surface area contributed by atoms with Gasteiger partial charge in [0.25, 0.3) is 0 Å². The molecule has 1 unspecified atom stereocenters. The van der Waals surface area contributed by atoms with E-state index in [1.807, 2.05) is 0 Å². The van der Waals surface area contributed by atoms with Crippen LogP contribution in [0.2, 0.25) is 0 Å². The lowest BCUT2D eigenvalue weighted by atomic mass is 10.2. The molecule has 0 bridgehead atoms. The Balaban J connectivity index is 1.84. The summed E-state index contributed by atoms with van der Waals surface area (Å²) in [7, 11) is 0. The Morgan fingerprint density at radius 3 is 3.28 bits per heavy atom. The lowest BCUT2D eigenvalue weighted by molar-refractivity contribution is -0.385. The van der Waals surface area contributed by atoms with Crippen molar-refractivity contribution in [1.82, 2.24) is 10.2 Å². The zero-order valence-corrected chi connectivity index (χ0v) is 9.72. The Morgan fingerprint density at radius 1 is 1.67 bits per heavy atom. The highest BCUT2D eigenvalue weighted by atomic mass is 16.7. The molecule has 0 spiro atoms. The first-order valence-electron chi connectivity index (χ1n) is 5.67. The molecule has 0 aliphatic carbocycles. The van der Waals surface area contributed by atoms with E-state index < -0.39 is 4.92 Å². The lowest BCUT2D eigenvalue weighted by Crippen LogP contribution is -2.22. The molecule has 2 heterocycles. The highest BCUT2D eigenvalue weighted by Gasteiger charge is 2.14. The minimum atomic E-state index is -0.529. The lowest BCUT2D eigenvalue weighted by Gasteiger charge is -2.21. The summed E-state index contributed by atoms with van der Waals surface area (Å²) in [6.07, 6.45) is 3.95. The summed E-state index contributed by atoms with van der Waals surface area (Å²) in [5.41, 5.74) is 0.0598. The minimum Gasteiger partial charge on any atom is -0.353 e. The van der Waals surface area contributed by atoms with Gasteiger partial charge in [0.05, 0.1) is 4.92 Å². The molecule has 1 saturated heterocycles. The first kappa shape index (κ1) is 12.5. The van der Waals surface area contributed by atoms with Crippen molar-refractivity contribution in [2.24, 2.45) is 0 Å². The maximum absolute atomic E-state index is 10.6. The zero-order chi connectivity index (χ0) is 12.8. The summed E-state index contributed by atoms with van der Waals surface area (Å²) in [5, 5.41) is 16.6. The van der Waals surface area contributed by atoms with Gasteiger partial charge in [-0.3, -0.25) is 15.2 Å². The van der Waals surface area contributed by atoms with Crippen LogP contribution in [-0.2, 0) is 9.47 Å². The Kier molecular flexibility index (Phi) is 4.28. The standard InChI is InChI=1S/C11H13N3O4/c15-14(16)10-8-12-13-9(10)4-3-7-18-11-5-1-2-6-17-11/h8,11H,1-2,5-7H2,(H,12,13). The van der Waals surface area contributed by atoms with Gasteiger partial charge in [0.15, 0.2) is 12.0 Å². The van der Waals surface area contributed by atoms with Gasteiger partial charge in [-0.1, -0.05) is 5.92 Å². The summed E-state index contributed by atoms with van der Waals surface area (Å²) in [6, 6.07) is 0. The highest BCUT2D eigenvalue weighted by Crippen LogP contribution is 2.14. The van der Waals surface area contributed by atoms with Gasteiger partial charge < -0.3 is 9.47 Å². The van der Waals surface area contributed by atoms with Crippen molar-refractivity contribution in [3.63, 3.8) is 0 Å². The van der Waals surface area contributed by atoms with Crippen LogP contribution >= 0.6 is 0 Å². The van der Waals surface area contributed by atoms with Crippen molar-refractivity contribution in [2.45, 2.75) is 25.6 Å². The predicted molar refractivity (Wildman–Crippen MR) is 61.7 cm³/mol. The van der Waals surface area contributed by atoms with Crippen LogP contribution in [-0.4, -0.2) is 34.6 Å². The number of H-pyrrole nitrogens is 1. The summed E-state index contributed by atoms with van der Waals surface area (Å²) in [6.45, 7) is 0.894.